The van der Waals surface area contributed by atoms with Gasteiger partial charge in [0.1, 0.15) is 12.4 Å². The number of ketones is 1. The summed E-state index contributed by atoms with van der Waals surface area (Å²) in [7, 11) is 0. The molecule has 3 nitrogen and oxygen atoms in total. The number of carbonyl (C=O) groups is 2. The third-order valence-electron chi connectivity index (χ3n) is 7.56. The smallest absolute Gasteiger partial charge is 0.302 e. The van der Waals surface area contributed by atoms with Gasteiger partial charge in [0, 0.05) is 18.8 Å². The van der Waals surface area contributed by atoms with Crippen molar-refractivity contribution in [2.75, 3.05) is 6.61 Å². The number of carbonyl (C=O) groups excluding carboxylic acids is 2. The second-order valence-corrected chi connectivity index (χ2v) is 8.50. The molecule has 0 aromatic heterocycles. The lowest BCUT2D eigenvalue weighted by molar-refractivity contribution is -0.153. The number of hydrogen-bond donors (Lipinski definition) is 0. The molecule has 4 aliphatic rings. The van der Waals surface area contributed by atoms with E-state index in [9.17, 15) is 9.59 Å². The van der Waals surface area contributed by atoms with Crippen LogP contribution in [0.25, 0.3) is 0 Å². The van der Waals surface area contributed by atoms with Crippen molar-refractivity contribution in [3.63, 3.8) is 0 Å². The number of fused-ring (bicyclic) bond motifs is 5. The molecule has 0 aliphatic heterocycles. The van der Waals surface area contributed by atoms with E-state index in [2.05, 4.69) is 25.2 Å². The second kappa shape index (κ2) is 5.57. The third-order valence-corrected chi connectivity index (χ3v) is 7.56. The molecule has 0 aromatic carbocycles. The molecule has 0 N–H and O–H groups in total. The Morgan fingerprint density at radius 1 is 1.29 bits per heavy atom. The highest BCUT2D eigenvalue weighted by Gasteiger charge is 2.60. The summed E-state index contributed by atoms with van der Waals surface area (Å²) in [6.07, 6.45) is 14.3. The third kappa shape index (κ3) is 2.16. The van der Waals surface area contributed by atoms with Crippen molar-refractivity contribution >= 4 is 11.8 Å². The molecule has 3 heteroatoms. The fourth-order valence-electron chi connectivity index (χ4n) is 6.34. The van der Waals surface area contributed by atoms with Crippen LogP contribution in [0.4, 0.5) is 0 Å². The Balaban J connectivity index is 1.67. The number of hydrogen-bond acceptors (Lipinski definition) is 3. The summed E-state index contributed by atoms with van der Waals surface area (Å²) < 4.78 is 5.38. The highest BCUT2D eigenvalue weighted by Crippen LogP contribution is 2.63. The molecule has 4 aliphatic carbocycles. The first kappa shape index (κ1) is 16.1. The maximum Gasteiger partial charge on any atom is 0.302 e. The summed E-state index contributed by atoms with van der Waals surface area (Å²) >= 11 is 0. The predicted molar refractivity (Wildman–Crippen MR) is 92.2 cm³/mol. The van der Waals surface area contributed by atoms with Crippen LogP contribution in [0.3, 0.4) is 0 Å². The van der Waals surface area contributed by atoms with E-state index in [0.717, 1.165) is 32.1 Å². The monoisotopic (exact) mass is 328 g/mol. The highest BCUT2D eigenvalue weighted by molar-refractivity contribution is 5.88. The maximum absolute atomic E-state index is 12.8. The van der Waals surface area contributed by atoms with Crippen molar-refractivity contribution in [1.29, 1.82) is 0 Å². The zero-order chi connectivity index (χ0) is 16.9. The Morgan fingerprint density at radius 3 is 2.92 bits per heavy atom. The van der Waals surface area contributed by atoms with Crippen molar-refractivity contribution in [2.45, 2.75) is 58.8 Å². The van der Waals surface area contributed by atoms with Crippen molar-refractivity contribution in [2.24, 2.45) is 28.6 Å². The van der Waals surface area contributed by atoms with Gasteiger partial charge in [0.15, 0.2) is 0 Å². The van der Waals surface area contributed by atoms with E-state index in [1.165, 1.54) is 13.3 Å². The first-order valence-corrected chi connectivity index (χ1v) is 9.51. The van der Waals surface area contributed by atoms with Crippen LogP contribution < -0.4 is 0 Å². The molecule has 2 fully saturated rings. The molecular formula is C21H28O3. The number of ether oxygens (including phenoxy) is 1. The zero-order valence-electron chi connectivity index (χ0n) is 14.8. The van der Waals surface area contributed by atoms with E-state index < -0.39 is 5.41 Å². The first-order valence-electron chi connectivity index (χ1n) is 9.51. The van der Waals surface area contributed by atoms with E-state index in [4.69, 9.17) is 4.74 Å². The SMILES string of the molecule is CC(=O)OC[C@]12CC[C@H]3[C@@H](CC=C4CCC=C[C@@]43C)[C@@H]1CCC2=O. The Hall–Kier alpha value is -1.38. The molecule has 4 rings (SSSR count). The fraction of sp³-hybridized carbons (Fsp3) is 0.714. The van der Waals surface area contributed by atoms with Crippen molar-refractivity contribution in [3.8, 4) is 0 Å². The standard InChI is InChI=1S/C21H28O3/c1-14(22)24-13-21-12-10-17-16(18(21)8-9-19(21)23)7-6-15-5-3-4-11-20(15,17)2/h4,6,11,16-18H,3,5,7-10,12-13H2,1-2H3/t16-,17+,18+,20+,21-/m1/s1. The summed E-state index contributed by atoms with van der Waals surface area (Å²) in [6.45, 7) is 4.15. The van der Waals surface area contributed by atoms with Crippen LogP contribution in [0.15, 0.2) is 23.8 Å². The van der Waals surface area contributed by atoms with Crippen molar-refractivity contribution < 1.29 is 14.3 Å². The van der Waals surface area contributed by atoms with Crippen LogP contribution in [-0.4, -0.2) is 18.4 Å². The Kier molecular flexibility index (Phi) is 3.74. The van der Waals surface area contributed by atoms with Gasteiger partial charge in [0.05, 0.1) is 5.41 Å². The van der Waals surface area contributed by atoms with Crippen LogP contribution in [-0.2, 0) is 14.3 Å². The minimum Gasteiger partial charge on any atom is -0.465 e. The number of Topliss-reactive ketones (excluding diaryl/α,β-unsaturated/α-hetero) is 1. The molecule has 24 heavy (non-hydrogen) atoms. The first-order chi connectivity index (χ1) is 11.5. The van der Waals surface area contributed by atoms with E-state index in [0.29, 0.717) is 36.6 Å². The molecule has 0 aromatic rings. The quantitative estimate of drug-likeness (QED) is 0.563. The molecule has 2 saturated carbocycles. The Morgan fingerprint density at radius 2 is 2.12 bits per heavy atom. The van der Waals surface area contributed by atoms with Gasteiger partial charge in [-0.2, -0.15) is 0 Å². The maximum atomic E-state index is 12.8. The average Bonchev–Trinajstić information content (AvgIpc) is 2.90. The molecule has 5 atom stereocenters. The lowest BCUT2D eigenvalue weighted by atomic mass is 9.49. The largest absolute Gasteiger partial charge is 0.465 e. The van der Waals surface area contributed by atoms with Gasteiger partial charge in [-0.25, -0.2) is 0 Å². The molecule has 0 heterocycles. The molecule has 0 bridgehead atoms. The topological polar surface area (TPSA) is 43.4 Å². The molecule has 0 spiro atoms. The molecule has 0 saturated heterocycles. The molecule has 0 amide bonds. The van der Waals surface area contributed by atoms with Gasteiger partial charge in [-0.05, 0) is 56.3 Å². The van der Waals surface area contributed by atoms with E-state index in [1.807, 2.05) is 0 Å². The van der Waals surface area contributed by atoms with Gasteiger partial charge in [-0.1, -0.05) is 30.7 Å². The number of allylic oxidation sites excluding steroid dienone is 4. The minimum atomic E-state index is -0.396. The van der Waals surface area contributed by atoms with Gasteiger partial charge in [0.2, 0.25) is 0 Å². The summed E-state index contributed by atoms with van der Waals surface area (Å²) in [4.78, 5) is 24.1. The van der Waals surface area contributed by atoms with Crippen molar-refractivity contribution in [1.82, 2.24) is 0 Å². The summed E-state index contributed by atoms with van der Waals surface area (Å²) in [5, 5.41) is 0. The van der Waals surface area contributed by atoms with Gasteiger partial charge in [-0.3, -0.25) is 9.59 Å². The molecule has 0 radical (unpaired) electrons. The molecule has 0 unspecified atom stereocenters. The lowest BCUT2D eigenvalue weighted by Gasteiger charge is -2.55. The Labute approximate surface area is 144 Å². The fourth-order valence-corrected chi connectivity index (χ4v) is 6.34. The van der Waals surface area contributed by atoms with Crippen molar-refractivity contribution in [3.05, 3.63) is 23.8 Å². The number of rotatable bonds is 2. The van der Waals surface area contributed by atoms with Crippen LogP contribution in [0.2, 0.25) is 0 Å². The molecule has 130 valence electrons. The lowest BCUT2D eigenvalue weighted by Crippen LogP contribution is -2.51. The van der Waals surface area contributed by atoms with Crippen LogP contribution in [0, 0.1) is 28.6 Å². The summed E-state index contributed by atoms with van der Waals surface area (Å²) in [6, 6.07) is 0. The van der Waals surface area contributed by atoms with E-state index in [1.54, 1.807) is 5.57 Å². The second-order valence-electron chi connectivity index (χ2n) is 8.50. The summed E-state index contributed by atoms with van der Waals surface area (Å²) in [5.41, 5.74) is 1.40. The minimum absolute atomic E-state index is 0.181. The van der Waals surface area contributed by atoms with E-state index >= 15 is 0 Å². The van der Waals surface area contributed by atoms with Gasteiger partial charge in [-0.15, -0.1) is 0 Å². The average molecular weight is 328 g/mol. The number of esters is 1. The zero-order valence-corrected chi connectivity index (χ0v) is 14.8. The predicted octanol–water partition coefficient (Wildman–Crippen LogP) is 4.23. The van der Waals surface area contributed by atoms with Crippen LogP contribution >= 0.6 is 0 Å². The van der Waals surface area contributed by atoms with Crippen LogP contribution in [0.1, 0.15) is 58.8 Å². The molecular weight excluding hydrogens is 300 g/mol. The van der Waals surface area contributed by atoms with Crippen LogP contribution in [0.5, 0.6) is 0 Å². The normalized spacial score (nSPS) is 43.5. The van der Waals surface area contributed by atoms with E-state index in [-0.39, 0.29) is 11.4 Å². The Bertz CT molecular complexity index is 631. The van der Waals surface area contributed by atoms with Gasteiger partial charge in [0.25, 0.3) is 0 Å². The highest BCUT2D eigenvalue weighted by atomic mass is 16.5. The summed E-state index contributed by atoms with van der Waals surface area (Å²) in [5.74, 6) is 1.64. The van der Waals surface area contributed by atoms with Gasteiger partial charge < -0.3 is 4.74 Å². The van der Waals surface area contributed by atoms with Gasteiger partial charge >= 0.3 is 5.97 Å².